The summed E-state index contributed by atoms with van der Waals surface area (Å²) in [6.07, 6.45) is 0.687. The lowest BCUT2D eigenvalue weighted by molar-refractivity contribution is 0.0934. The Morgan fingerprint density at radius 3 is 2.91 bits per heavy atom. The normalized spacial score (nSPS) is 12.5. The Balaban J connectivity index is 2.19. The monoisotopic (exact) mass is 304 g/mol. The second-order valence-electron chi connectivity index (χ2n) is 5.56. The van der Waals surface area contributed by atoms with Crippen molar-refractivity contribution in [3.63, 3.8) is 0 Å². The van der Waals surface area contributed by atoms with Crippen LogP contribution in [-0.4, -0.2) is 42.4 Å². The summed E-state index contributed by atoms with van der Waals surface area (Å²) in [7, 11) is 1.65. The fraction of sp³-hybridized carbons (Fsp3) is 0.471. The van der Waals surface area contributed by atoms with Gasteiger partial charge in [0.15, 0.2) is 0 Å². The predicted molar refractivity (Wildman–Crippen MR) is 87.0 cm³/mol. The number of nitrogens with one attached hydrogen (secondary N) is 1. The lowest BCUT2D eigenvalue weighted by Crippen LogP contribution is -2.30. The minimum Gasteiger partial charge on any atom is -0.396 e. The van der Waals surface area contributed by atoms with Crippen LogP contribution >= 0.6 is 0 Å². The molecule has 0 radical (unpaired) electrons. The maximum absolute atomic E-state index is 12.5. The number of rotatable bonds is 8. The van der Waals surface area contributed by atoms with Crippen LogP contribution in [0.4, 0.5) is 0 Å². The molecule has 0 saturated carbocycles. The van der Waals surface area contributed by atoms with E-state index in [9.17, 15) is 4.79 Å². The zero-order valence-electron chi connectivity index (χ0n) is 13.2. The van der Waals surface area contributed by atoms with E-state index in [1.165, 1.54) is 0 Å². The van der Waals surface area contributed by atoms with Gasteiger partial charge in [-0.1, -0.05) is 25.1 Å². The Morgan fingerprint density at radius 2 is 2.18 bits per heavy atom. The molecule has 2 aromatic rings. The predicted octanol–water partition coefficient (Wildman–Crippen LogP) is 2.04. The van der Waals surface area contributed by atoms with Crippen molar-refractivity contribution < 1.29 is 14.6 Å². The number of aliphatic hydroxyl groups excluding tert-OH is 1. The van der Waals surface area contributed by atoms with Crippen LogP contribution in [0.1, 0.15) is 23.8 Å². The quantitative estimate of drug-likeness (QED) is 0.784. The number of aromatic nitrogens is 1. The number of ether oxygens (including phenoxy) is 1. The van der Waals surface area contributed by atoms with Crippen LogP contribution in [0.5, 0.6) is 0 Å². The Bertz CT molecular complexity index is 621. The van der Waals surface area contributed by atoms with Crippen LogP contribution in [-0.2, 0) is 11.3 Å². The molecule has 2 rings (SSSR count). The SMILES string of the molecule is COCCn1c(C(=O)NCC(C)CCO)cc2ccccc21. The van der Waals surface area contributed by atoms with Crippen molar-refractivity contribution in [1.82, 2.24) is 9.88 Å². The number of benzene rings is 1. The van der Waals surface area contributed by atoms with Gasteiger partial charge in [-0.15, -0.1) is 0 Å². The molecule has 1 aromatic heterocycles. The van der Waals surface area contributed by atoms with Gasteiger partial charge in [0.2, 0.25) is 0 Å². The standard InChI is InChI=1S/C17H24N2O3/c1-13(7-9-20)12-18-17(21)16-11-14-5-3-4-6-15(14)19(16)8-10-22-2/h3-6,11,13,20H,7-10,12H2,1-2H3,(H,18,21). The van der Waals surface area contributed by atoms with E-state index in [1.54, 1.807) is 7.11 Å². The molecule has 0 fully saturated rings. The summed E-state index contributed by atoms with van der Waals surface area (Å²) in [5.74, 6) is 0.169. The fourth-order valence-corrected chi connectivity index (χ4v) is 2.50. The Morgan fingerprint density at radius 1 is 1.41 bits per heavy atom. The first-order chi connectivity index (χ1) is 10.7. The molecule has 0 saturated heterocycles. The van der Waals surface area contributed by atoms with Crippen LogP contribution in [0.2, 0.25) is 0 Å². The van der Waals surface area contributed by atoms with E-state index in [0.29, 0.717) is 31.8 Å². The molecular weight excluding hydrogens is 280 g/mol. The second-order valence-corrected chi connectivity index (χ2v) is 5.56. The average Bonchev–Trinajstić information content (AvgIpc) is 2.89. The van der Waals surface area contributed by atoms with Gasteiger partial charge in [-0.3, -0.25) is 4.79 Å². The molecule has 0 aliphatic heterocycles. The number of carbonyl (C=O) groups is 1. The molecule has 0 spiro atoms. The highest BCUT2D eigenvalue weighted by molar-refractivity contribution is 5.98. The molecular formula is C17H24N2O3. The number of hydrogen-bond acceptors (Lipinski definition) is 3. The highest BCUT2D eigenvalue weighted by atomic mass is 16.5. The lowest BCUT2D eigenvalue weighted by atomic mass is 10.1. The maximum atomic E-state index is 12.5. The molecule has 0 aliphatic rings. The zero-order chi connectivity index (χ0) is 15.9. The Kier molecular flexibility index (Phi) is 5.98. The van der Waals surface area contributed by atoms with Crippen molar-refractivity contribution in [2.75, 3.05) is 26.9 Å². The molecule has 0 aliphatic carbocycles. The third-order valence-electron chi connectivity index (χ3n) is 3.80. The third kappa shape index (κ3) is 3.87. The van der Waals surface area contributed by atoms with Crippen LogP contribution in [0.15, 0.2) is 30.3 Å². The number of amides is 1. The van der Waals surface area contributed by atoms with Gasteiger partial charge >= 0.3 is 0 Å². The summed E-state index contributed by atoms with van der Waals surface area (Å²) >= 11 is 0. The molecule has 5 heteroatoms. The summed E-state index contributed by atoms with van der Waals surface area (Å²) < 4.78 is 7.14. The Labute approximate surface area is 130 Å². The van der Waals surface area contributed by atoms with Gasteiger partial charge in [-0.2, -0.15) is 0 Å². The van der Waals surface area contributed by atoms with Crippen LogP contribution in [0.25, 0.3) is 10.9 Å². The summed E-state index contributed by atoms with van der Waals surface area (Å²) in [6.45, 7) is 3.91. The van der Waals surface area contributed by atoms with Crippen LogP contribution < -0.4 is 5.32 Å². The molecule has 0 bridgehead atoms. The van der Waals surface area contributed by atoms with Gasteiger partial charge in [0.1, 0.15) is 5.69 Å². The topological polar surface area (TPSA) is 63.5 Å². The van der Waals surface area contributed by atoms with Crippen molar-refractivity contribution in [2.24, 2.45) is 5.92 Å². The summed E-state index contributed by atoms with van der Waals surface area (Å²) in [4.78, 5) is 12.5. The number of para-hydroxylation sites is 1. The van der Waals surface area contributed by atoms with Crippen LogP contribution in [0, 0.1) is 5.92 Å². The molecule has 1 amide bonds. The van der Waals surface area contributed by atoms with Crippen LogP contribution in [0.3, 0.4) is 0 Å². The number of aliphatic hydroxyl groups is 1. The van der Waals surface area contributed by atoms with E-state index >= 15 is 0 Å². The molecule has 1 aromatic carbocycles. The highest BCUT2D eigenvalue weighted by Crippen LogP contribution is 2.20. The van der Waals surface area contributed by atoms with Gasteiger partial charge in [0.05, 0.1) is 6.61 Å². The minimum absolute atomic E-state index is 0.0860. The van der Waals surface area contributed by atoms with E-state index in [2.05, 4.69) is 5.32 Å². The molecule has 120 valence electrons. The molecule has 1 heterocycles. The van der Waals surface area contributed by atoms with E-state index in [-0.39, 0.29) is 18.4 Å². The number of methoxy groups -OCH3 is 1. The largest absolute Gasteiger partial charge is 0.396 e. The fourth-order valence-electron chi connectivity index (χ4n) is 2.50. The Hall–Kier alpha value is -1.85. The zero-order valence-corrected chi connectivity index (χ0v) is 13.2. The second kappa shape index (κ2) is 7.96. The highest BCUT2D eigenvalue weighted by Gasteiger charge is 2.15. The molecule has 22 heavy (non-hydrogen) atoms. The number of carbonyl (C=O) groups excluding carboxylic acids is 1. The van der Waals surface area contributed by atoms with Crippen molar-refractivity contribution in [1.29, 1.82) is 0 Å². The minimum atomic E-state index is -0.0860. The van der Waals surface area contributed by atoms with Gasteiger partial charge in [-0.05, 0) is 24.5 Å². The van der Waals surface area contributed by atoms with E-state index in [1.807, 2.05) is 41.8 Å². The maximum Gasteiger partial charge on any atom is 0.267 e. The third-order valence-corrected chi connectivity index (χ3v) is 3.80. The molecule has 1 atom stereocenters. The molecule has 2 N–H and O–H groups in total. The first-order valence-corrected chi connectivity index (χ1v) is 7.63. The summed E-state index contributed by atoms with van der Waals surface area (Å²) in [5.41, 5.74) is 1.68. The summed E-state index contributed by atoms with van der Waals surface area (Å²) in [5, 5.41) is 12.9. The van der Waals surface area contributed by atoms with E-state index < -0.39 is 0 Å². The summed E-state index contributed by atoms with van der Waals surface area (Å²) in [6, 6.07) is 9.86. The van der Waals surface area contributed by atoms with Crippen molar-refractivity contribution >= 4 is 16.8 Å². The van der Waals surface area contributed by atoms with Crippen molar-refractivity contribution in [2.45, 2.75) is 19.9 Å². The first-order valence-electron chi connectivity index (χ1n) is 7.63. The van der Waals surface area contributed by atoms with Gasteiger partial charge in [0.25, 0.3) is 5.91 Å². The molecule has 5 nitrogen and oxygen atoms in total. The van der Waals surface area contributed by atoms with Gasteiger partial charge < -0.3 is 19.7 Å². The average molecular weight is 304 g/mol. The first kappa shape index (κ1) is 16.5. The van der Waals surface area contributed by atoms with E-state index in [0.717, 1.165) is 10.9 Å². The van der Waals surface area contributed by atoms with Gasteiger partial charge in [-0.25, -0.2) is 0 Å². The lowest BCUT2D eigenvalue weighted by Gasteiger charge is -2.13. The molecule has 1 unspecified atom stereocenters. The number of fused-ring (bicyclic) bond motifs is 1. The number of nitrogens with zero attached hydrogens (tertiary/aromatic N) is 1. The smallest absolute Gasteiger partial charge is 0.267 e. The van der Waals surface area contributed by atoms with Crippen molar-refractivity contribution in [3.05, 3.63) is 36.0 Å². The van der Waals surface area contributed by atoms with E-state index in [4.69, 9.17) is 9.84 Å². The van der Waals surface area contributed by atoms with Crippen molar-refractivity contribution in [3.8, 4) is 0 Å². The number of hydrogen-bond donors (Lipinski definition) is 2. The van der Waals surface area contributed by atoms with Gasteiger partial charge in [0, 0.05) is 37.7 Å².